The number of anilines is 1. The third-order valence-corrected chi connectivity index (χ3v) is 1.99. The summed E-state index contributed by atoms with van der Waals surface area (Å²) in [6, 6.07) is 8.86. The number of hydrogen-bond donors (Lipinski definition) is 2. The van der Waals surface area contributed by atoms with E-state index in [0.29, 0.717) is 6.54 Å². The summed E-state index contributed by atoms with van der Waals surface area (Å²) in [6.07, 6.45) is 3.19. The molecule has 0 aliphatic carbocycles. The van der Waals surface area contributed by atoms with Crippen LogP contribution in [-0.4, -0.2) is 15.1 Å². The molecule has 1 aromatic heterocycles. The van der Waals surface area contributed by atoms with Crippen LogP contribution in [0, 0.1) is 0 Å². The number of phenolic OH excluding ortho intramolecular Hbond substituents is 1. The first-order valence-electron chi connectivity index (χ1n) is 4.62. The van der Waals surface area contributed by atoms with E-state index in [0.717, 1.165) is 11.4 Å². The standard InChI is InChI=1S/C11H11N3O/c15-10-3-1-9(2-4-10)7-13-11-5-6-12-8-14-11/h1-6,8,15H,7H2,(H,12,13,14). The van der Waals surface area contributed by atoms with Crippen LogP contribution >= 0.6 is 0 Å². The Kier molecular flexibility index (Phi) is 2.78. The van der Waals surface area contributed by atoms with Gasteiger partial charge < -0.3 is 10.4 Å². The van der Waals surface area contributed by atoms with Gasteiger partial charge in [0.1, 0.15) is 17.9 Å². The third kappa shape index (κ3) is 2.67. The highest BCUT2D eigenvalue weighted by atomic mass is 16.3. The molecule has 0 saturated heterocycles. The van der Waals surface area contributed by atoms with Crippen LogP contribution in [0.3, 0.4) is 0 Å². The Hall–Kier alpha value is -2.10. The van der Waals surface area contributed by atoms with Crippen molar-refractivity contribution in [2.24, 2.45) is 0 Å². The van der Waals surface area contributed by atoms with E-state index in [4.69, 9.17) is 5.11 Å². The van der Waals surface area contributed by atoms with E-state index in [1.165, 1.54) is 6.33 Å². The van der Waals surface area contributed by atoms with Crippen molar-refractivity contribution in [3.63, 3.8) is 0 Å². The van der Waals surface area contributed by atoms with Gasteiger partial charge in [-0.3, -0.25) is 0 Å². The molecule has 0 radical (unpaired) electrons. The minimum absolute atomic E-state index is 0.279. The van der Waals surface area contributed by atoms with Crippen molar-refractivity contribution in [3.05, 3.63) is 48.4 Å². The first kappa shape index (κ1) is 9.45. The molecule has 2 rings (SSSR count). The molecule has 0 bridgehead atoms. The van der Waals surface area contributed by atoms with Crippen molar-refractivity contribution < 1.29 is 5.11 Å². The second-order valence-corrected chi connectivity index (χ2v) is 3.11. The molecule has 76 valence electrons. The molecule has 0 atom stereocenters. The maximum absolute atomic E-state index is 9.10. The van der Waals surface area contributed by atoms with E-state index in [1.807, 2.05) is 12.1 Å². The quantitative estimate of drug-likeness (QED) is 0.794. The highest BCUT2D eigenvalue weighted by molar-refractivity contribution is 5.34. The zero-order chi connectivity index (χ0) is 10.5. The zero-order valence-electron chi connectivity index (χ0n) is 8.09. The van der Waals surface area contributed by atoms with Gasteiger partial charge in [-0.1, -0.05) is 12.1 Å². The van der Waals surface area contributed by atoms with Gasteiger partial charge >= 0.3 is 0 Å². The van der Waals surface area contributed by atoms with Gasteiger partial charge in [-0.2, -0.15) is 0 Å². The molecular formula is C11H11N3O. The summed E-state index contributed by atoms with van der Waals surface area (Å²) < 4.78 is 0. The highest BCUT2D eigenvalue weighted by Gasteiger charge is 1.94. The lowest BCUT2D eigenvalue weighted by molar-refractivity contribution is 0.475. The lowest BCUT2D eigenvalue weighted by Crippen LogP contribution is -2.00. The fourth-order valence-corrected chi connectivity index (χ4v) is 1.20. The van der Waals surface area contributed by atoms with Crippen LogP contribution in [0.4, 0.5) is 5.82 Å². The van der Waals surface area contributed by atoms with Crippen molar-refractivity contribution in [3.8, 4) is 5.75 Å². The van der Waals surface area contributed by atoms with Crippen LogP contribution in [0.15, 0.2) is 42.9 Å². The monoisotopic (exact) mass is 201 g/mol. The van der Waals surface area contributed by atoms with Crippen LogP contribution < -0.4 is 5.32 Å². The number of hydrogen-bond acceptors (Lipinski definition) is 4. The van der Waals surface area contributed by atoms with Gasteiger partial charge in [0.2, 0.25) is 0 Å². The maximum Gasteiger partial charge on any atom is 0.129 e. The van der Waals surface area contributed by atoms with Crippen molar-refractivity contribution in [2.75, 3.05) is 5.32 Å². The number of nitrogens with zero attached hydrogens (tertiary/aromatic N) is 2. The fourth-order valence-electron chi connectivity index (χ4n) is 1.20. The molecule has 0 spiro atoms. The molecule has 0 aliphatic rings. The molecule has 0 amide bonds. The summed E-state index contributed by atoms with van der Waals surface area (Å²) in [7, 11) is 0. The van der Waals surface area contributed by atoms with Crippen LogP contribution in [0.5, 0.6) is 5.75 Å². The SMILES string of the molecule is Oc1ccc(CNc2ccncn2)cc1. The number of aromatic hydroxyl groups is 1. The molecule has 1 heterocycles. The van der Waals surface area contributed by atoms with Gasteiger partial charge in [-0.05, 0) is 23.8 Å². The van der Waals surface area contributed by atoms with Crippen molar-refractivity contribution in [2.45, 2.75) is 6.54 Å². The summed E-state index contributed by atoms with van der Waals surface area (Å²) in [5.74, 6) is 1.07. The van der Waals surface area contributed by atoms with Crippen LogP contribution in [-0.2, 0) is 6.54 Å². The molecule has 0 unspecified atom stereocenters. The molecule has 15 heavy (non-hydrogen) atoms. The molecule has 2 N–H and O–H groups in total. The molecular weight excluding hydrogens is 190 g/mol. The summed E-state index contributed by atoms with van der Waals surface area (Å²) in [5.41, 5.74) is 1.09. The van der Waals surface area contributed by atoms with E-state index in [2.05, 4.69) is 15.3 Å². The summed E-state index contributed by atoms with van der Waals surface area (Å²) in [4.78, 5) is 7.87. The number of phenols is 1. The Morgan fingerprint density at radius 2 is 1.93 bits per heavy atom. The molecule has 0 saturated carbocycles. The number of benzene rings is 1. The smallest absolute Gasteiger partial charge is 0.129 e. The Balaban J connectivity index is 1.96. The molecule has 1 aromatic carbocycles. The normalized spacial score (nSPS) is 9.87. The van der Waals surface area contributed by atoms with Crippen molar-refractivity contribution in [1.29, 1.82) is 0 Å². The van der Waals surface area contributed by atoms with E-state index in [9.17, 15) is 0 Å². The molecule has 4 heteroatoms. The van der Waals surface area contributed by atoms with Crippen LogP contribution in [0.2, 0.25) is 0 Å². The highest BCUT2D eigenvalue weighted by Crippen LogP contribution is 2.10. The molecule has 0 fully saturated rings. The zero-order valence-corrected chi connectivity index (χ0v) is 8.09. The minimum atomic E-state index is 0.279. The van der Waals surface area contributed by atoms with Crippen molar-refractivity contribution >= 4 is 5.82 Å². The van der Waals surface area contributed by atoms with Gasteiger partial charge in [0, 0.05) is 12.7 Å². The Morgan fingerprint density at radius 3 is 2.60 bits per heavy atom. The Morgan fingerprint density at radius 1 is 1.13 bits per heavy atom. The maximum atomic E-state index is 9.10. The third-order valence-electron chi connectivity index (χ3n) is 1.99. The van der Waals surface area contributed by atoms with E-state index in [-0.39, 0.29) is 5.75 Å². The first-order valence-corrected chi connectivity index (χ1v) is 4.62. The van der Waals surface area contributed by atoms with Gasteiger partial charge in [-0.15, -0.1) is 0 Å². The van der Waals surface area contributed by atoms with Gasteiger partial charge in [0.05, 0.1) is 0 Å². The van der Waals surface area contributed by atoms with Gasteiger partial charge in [-0.25, -0.2) is 9.97 Å². The van der Waals surface area contributed by atoms with Crippen LogP contribution in [0.25, 0.3) is 0 Å². The van der Waals surface area contributed by atoms with Gasteiger partial charge in [0.15, 0.2) is 0 Å². The van der Waals surface area contributed by atoms with E-state index < -0.39 is 0 Å². The average molecular weight is 201 g/mol. The first-order chi connectivity index (χ1) is 7.34. The lowest BCUT2D eigenvalue weighted by atomic mass is 10.2. The fraction of sp³-hybridized carbons (Fsp3) is 0.0909. The Labute approximate surface area is 87.6 Å². The topological polar surface area (TPSA) is 58.0 Å². The predicted molar refractivity (Wildman–Crippen MR) is 57.5 cm³/mol. The van der Waals surface area contributed by atoms with Crippen molar-refractivity contribution in [1.82, 2.24) is 9.97 Å². The minimum Gasteiger partial charge on any atom is -0.508 e. The second kappa shape index (κ2) is 4.41. The number of nitrogens with one attached hydrogen (secondary N) is 1. The van der Waals surface area contributed by atoms with Crippen LogP contribution in [0.1, 0.15) is 5.56 Å². The number of rotatable bonds is 3. The molecule has 4 nitrogen and oxygen atoms in total. The Bertz CT molecular complexity index is 414. The largest absolute Gasteiger partial charge is 0.508 e. The van der Waals surface area contributed by atoms with E-state index in [1.54, 1.807) is 24.4 Å². The predicted octanol–water partition coefficient (Wildman–Crippen LogP) is 1.79. The molecule has 2 aromatic rings. The summed E-state index contributed by atoms with van der Waals surface area (Å²) in [5, 5.41) is 12.2. The second-order valence-electron chi connectivity index (χ2n) is 3.11. The van der Waals surface area contributed by atoms with Gasteiger partial charge in [0.25, 0.3) is 0 Å². The summed E-state index contributed by atoms with van der Waals surface area (Å²) >= 11 is 0. The summed E-state index contributed by atoms with van der Waals surface area (Å²) in [6.45, 7) is 0.678. The lowest BCUT2D eigenvalue weighted by Gasteiger charge is -2.04. The number of aromatic nitrogens is 2. The average Bonchev–Trinajstić information content (AvgIpc) is 2.30. The van der Waals surface area contributed by atoms with E-state index >= 15 is 0 Å². The molecule has 0 aliphatic heterocycles.